The highest BCUT2D eigenvalue weighted by atomic mass is 16.5. The summed E-state index contributed by atoms with van der Waals surface area (Å²) in [7, 11) is 0. The van der Waals surface area contributed by atoms with E-state index >= 15 is 0 Å². The lowest BCUT2D eigenvalue weighted by molar-refractivity contribution is -0.140. The molecule has 0 aromatic heterocycles. The molecule has 7 nitrogen and oxygen atoms in total. The van der Waals surface area contributed by atoms with Gasteiger partial charge in [0.25, 0.3) is 5.91 Å². The summed E-state index contributed by atoms with van der Waals surface area (Å²) in [6, 6.07) is 10.1. The van der Waals surface area contributed by atoms with Crippen molar-refractivity contribution in [2.75, 3.05) is 0 Å². The lowest BCUT2D eigenvalue weighted by Gasteiger charge is -2.20. The average Bonchev–Trinajstić information content (AvgIpc) is 2.69. The Morgan fingerprint density at radius 2 is 1.86 bits per heavy atom. The smallest absolute Gasteiger partial charge is 0.326 e. The van der Waals surface area contributed by atoms with Crippen LogP contribution in [0.2, 0.25) is 0 Å². The van der Waals surface area contributed by atoms with Gasteiger partial charge in [0.15, 0.2) is 6.29 Å². The molecular formula is C21H23NO6. The Kier molecular flexibility index (Phi) is 7.14. The molecule has 0 heterocycles. The molecule has 28 heavy (non-hydrogen) atoms. The number of carboxylic acid groups (broad SMARTS) is 1. The molecule has 0 saturated carbocycles. The number of phenolic OH excluding ortho intramolecular Hbond substituents is 1. The number of aromatic hydroxyl groups is 1. The van der Waals surface area contributed by atoms with Crippen LogP contribution >= 0.6 is 0 Å². The summed E-state index contributed by atoms with van der Waals surface area (Å²) >= 11 is 0. The highest BCUT2D eigenvalue weighted by Gasteiger charge is 2.25. The fourth-order valence-electron chi connectivity index (χ4n) is 2.60. The molecule has 2 aromatic carbocycles. The van der Waals surface area contributed by atoms with Crippen LogP contribution in [0.15, 0.2) is 42.5 Å². The second-order valence-electron chi connectivity index (χ2n) is 6.47. The van der Waals surface area contributed by atoms with Crippen LogP contribution in [0.4, 0.5) is 0 Å². The van der Waals surface area contributed by atoms with Crippen LogP contribution in [-0.2, 0) is 11.4 Å². The van der Waals surface area contributed by atoms with Crippen molar-refractivity contribution in [2.45, 2.75) is 32.9 Å². The van der Waals surface area contributed by atoms with E-state index in [1.807, 2.05) is 6.92 Å². The Morgan fingerprint density at radius 1 is 1.18 bits per heavy atom. The predicted octanol–water partition coefficient (Wildman–Crippen LogP) is 3.01. The molecule has 0 radical (unpaired) electrons. The molecule has 3 N–H and O–H groups in total. The summed E-state index contributed by atoms with van der Waals surface area (Å²) in [5.74, 6) is -1.62. The van der Waals surface area contributed by atoms with Crippen LogP contribution in [0.25, 0.3) is 0 Å². The van der Waals surface area contributed by atoms with Crippen LogP contribution in [0.5, 0.6) is 11.5 Å². The minimum absolute atomic E-state index is 0.0725. The van der Waals surface area contributed by atoms with Gasteiger partial charge < -0.3 is 20.3 Å². The Bertz CT molecular complexity index is 846. The molecule has 0 fully saturated rings. The number of rotatable bonds is 9. The monoisotopic (exact) mass is 385 g/mol. The largest absolute Gasteiger partial charge is 0.507 e. The van der Waals surface area contributed by atoms with E-state index in [0.717, 1.165) is 5.56 Å². The van der Waals surface area contributed by atoms with Crippen molar-refractivity contribution in [1.29, 1.82) is 0 Å². The minimum atomic E-state index is -1.06. The summed E-state index contributed by atoms with van der Waals surface area (Å²) in [5.41, 5.74) is 1.15. The quantitative estimate of drug-likeness (QED) is 0.572. The molecule has 148 valence electrons. The van der Waals surface area contributed by atoms with Gasteiger partial charge in [-0.1, -0.05) is 38.5 Å². The normalized spacial score (nSPS) is 12.6. The molecule has 2 aromatic rings. The van der Waals surface area contributed by atoms with Crippen LogP contribution in [0.3, 0.4) is 0 Å². The molecule has 0 bridgehead atoms. The minimum Gasteiger partial charge on any atom is -0.507 e. The van der Waals surface area contributed by atoms with E-state index in [2.05, 4.69) is 5.32 Å². The number of carbonyl (C=O) groups excluding carboxylic acids is 2. The maximum absolute atomic E-state index is 12.3. The van der Waals surface area contributed by atoms with Crippen molar-refractivity contribution in [3.8, 4) is 11.5 Å². The Hall–Kier alpha value is -3.35. The van der Waals surface area contributed by atoms with Gasteiger partial charge in [-0.15, -0.1) is 0 Å². The van der Waals surface area contributed by atoms with Gasteiger partial charge in [-0.3, -0.25) is 9.59 Å². The van der Waals surface area contributed by atoms with E-state index in [9.17, 15) is 24.6 Å². The van der Waals surface area contributed by atoms with E-state index < -0.39 is 17.9 Å². The number of aldehydes is 1. The summed E-state index contributed by atoms with van der Waals surface area (Å²) < 4.78 is 5.57. The number of carboxylic acids is 1. The van der Waals surface area contributed by atoms with Gasteiger partial charge in [-0.2, -0.15) is 0 Å². The lowest BCUT2D eigenvalue weighted by atomic mass is 9.99. The first-order valence-electron chi connectivity index (χ1n) is 8.89. The maximum atomic E-state index is 12.3. The van der Waals surface area contributed by atoms with Gasteiger partial charge in [0.05, 0.1) is 5.56 Å². The number of ether oxygens (including phenoxy) is 1. The zero-order valence-corrected chi connectivity index (χ0v) is 15.7. The van der Waals surface area contributed by atoms with Gasteiger partial charge in [-0.25, -0.2) is 4.79 Å². The third-order valence-corrected chi connectivity index (χ3v) is 4.54. The van der Waals surface area contributed by atoms with Crippen molar-refractivity contribution in [2.24, 2.45) is 5.92 Å². The number of hydrogen-bond donors (Lipinski definition) is 3. The molecule has 1 unspecified atom stereocenters. The Balaban J connectivity index is 2.03. The number of phenols is 1. The highest BCUT2D eigenvalue weighted by Crippen LogP contribution is 2.26. The number of hydrogen-bond acceptors (Lipinski definition) is 5. The number of amides is 1. The fourth-order valence-corrected chi connectivity index (χ4v) is 2.60. The molecule has 1 amide bonds. The molecule has 0 aliphatic rings. The molecular weight excluding hydrogens is 362 g/mol. The Morgan fingerprint density at radius 3 is 2.43 bits per heavy atom. The number of aliphatic carboxylic acids is 1. The van der Waals surface area contributed by atoms with Gasteiger partial charge in [-0.05, 0) is 35.7 Å². The Labute approximate surface area is 163 Å². The molecule has 7 heteroatoms. The molecule has 2 rings (SSSR count). The topological polar surface area (TPSA) is 113 Å². The molecule has 0 spiro atoms. The highest BCUT2D eigenvalue weighted by molar-refractivity contribution is 5.96. The van der Waals surface area contributed by atoms with Crippen LogP contribution in [0, 0.1) is 5.92 Å². The fraction of sp³-hybridized carbons (Fsp3) is 0.286. The van der Waals surface area contributed by atoms with Crippen LogP contribution in [0.1, 0.15) is 46.5 Å². The first-order chi connectivity index (χ1) is 13.4. The van der Waals surface area contributed by atoms with E-state index in [1.165, 1.54) is 6.07 Å². The van der Waals surface area contributed by atoms with Gasteiger partial charge in [0.2, 0.25) is 0 Å². The number of carbonyl (C=O) groups is 3. The molecule has 0 aliphatic heterocycles. The predicted molar refractivity (Wildman–Crippen MR) is 103 cm³/mol. The van der Waals surface area contributed by atoms with E-state index in [4.69, 9.17) is 4.74 Å². The summed E-state index contributed by atoms with van der Waals surface area (Å²) in [6.07, 6.45) is 1.15. The lowest BCUT2D eigenvalue weighted by Crippen LogP contribution is -2.45. The van der Waals surface area contributed by atoms with Crippen LogP contribution in [-0.4, -0.2) is 34.4 Å². The van der Waals surface area contributed by atoms with E-state index in [-0.39, 0.29) is 29.6 Å². The number of benzene rings is 2. The molecule has 0 saturated heterocycles. The molecule has 2 atom stereocenters. The zero-order valence-electron chi connectivity index (χ0n) is 15.7. The van der Waals surface area contributed by atoms with Crippen molar-refractivity contribution in [3.05, 3.63) is 59.2 Å². The third kappa shape index (κ3) is 5.09. The van der Waals surface area contributed by atoms with Gasteiger partial charge in [0.1, 0.15) is 24.1 Å². The van der Waals surface area contributed by atoms with Crippen molar-refractivity contribution in [3.63, 3.8) is 0 Å². The van der Waals surface area contributed by atoms with E-state index in [1.54, 1.807) is 43.3 Å². The van der Waals surface area contributed by atoms with Crippen molar-refractivity contribution in [1.82, 2.24) is 5.32 Å². The molecule has 0 aliphatic carbocycles. The van der Waals surface area contributed by atoms with Crippen molar-refractivity contribution < 1.29 is 29.3 Å². The third-order valence-electron chi connectivity index (χ3n) is 4.54. The van der Waals surface area contributed by atoms with Gasteiger partial charge >= 0.3 is 5.97 Å². The summed E-state index contributed by atoms with van der Waals surface area (Å²) in [6.45, 7) is 3.77. The van der Waals surface area contributed by atoms with Gasteiger partial charge in [0, 0.05) is 5.56 Å². The second kappa shape index (κ2) is 9.55. The summed E-state index contributed by atoms with van der Waals surface area (Å²) in [5, 5.41) is 21.5. The number of nitrogens with one attached hydrogen (secondary N) is 1. The summed E-state index contributed by atoms with van der Waals surface area (Å²) in [4.78, 5) is 34.7. The maximum Gasteiger partial charge on any atom is 0.326 e. The SMILES string of the molecule is CC[C@H](C)C(NC(=O)c1ccc(COc2cccc(O)c2C=O)cc1)C(=O)O. The first kappa shape index (κ1) is 21.0. The first-order valence-corrected chi connectivity index (χ1v) is 8.89. The standard InChI is InChI=1S/C21H23NO6/c1-3-13(2)19(21(26)27)22-20(25)15-9-7-14(8-10-15)12-28-18-6-4-5-17(24)16(18)11-23/h4-11,13,19,24H,3,12H2,1-2H3,(H,22,25)(H,26,27)/t13-,19?/m0/s1. The van der Waals surface area contributed by atoms with Crippen molar-refractivity contribution >= 4 is 18.2 Å². The van der Waals surface area contributed by atoms with E-state index in [0.29, 0.717) is 18.3 Å². The average molecular weight is 385 g/mol. The van der Waals surface area contributed by atoms with Crippen LogP contribution < -0.4 is 10.1 Å². The zero-order chi connectivity index (χ0) is 20.7. The second-order valence-corrected chi connectivity index (χ2v) is 6.47.